The lowest BCUT2D eigenvalue weighted by Crippen LogP contribution is -2.51. The van der Waals surface area contributed by atoms with Gasteiger partial charge in [0.15, 0.2) is 0 Å². The van der Waals surface area contributed by atoms with E-state index in [2.05, 4.69) is 12.2 Å². The smallest absolute Gasteiger partial charge is 0.255 e. The highest BCUT2D eigenvalue weighted by molar-refractivity contribution is 6.43. The Bertz CT molecular complexity index is 439. The second kappa shape index (κ2) is 6.62. The molecule has 18 heavy (non-hydrogen) atoms. The van der Waals surface area contributed by atoms with Gasteiger partial charge in [-0.05, 0) is 19.1 Å². The maximum atomic E-state index is 12.3. The van der Waals surface area contributed by atoms with Gasteiger partial charge in [0.2, 0.25) is 0 Å². The fraction of sp³-hybridized carbons (Fsp3) is 0.417. The molecule has 6 heteroatoms. The summed E-state index contributed by atoms with van der Waals surface area (Å²) in [6.07, 6.45) is 0. The number of amides is 1. The lowest BCUT2D eigenvalue weighted by Gasteiger charge is -2.32. The molecule has 1 aliphatic rings. The molecule has 0 aromatic heterocycles. The number of halogens is 3. The monoisotopic (exact) mass is 308 g/mol. The lowest BCUT2D eigenvalue weighted by atomic mass is 10.1. The molecule has 1 aromatic rings. The van der Waals surface area contributed by atoms with Crippen LogP contribution in [0.4, 0.5) is 0 Å². The topological polar surface area (TPSA) is 32.3 Å². The van der Waals surface area contributed by atoms with Crippen molar-refractivity contribution in [2.45, 2.75) is 13.0 Å². The van der Waals surface area contributed by atoms with Crippen molar-refractivity contribution in [3.63, 3.8) is 0 Å². The van der Waals surface area contributed by atoms with E-state index in [4.69, 9.17) is 23.2 Å². The molecule has 0 spiro atoms. The molecule has 0 unspecified atom stereocenters. The zero-order chi connectivity index (χ0) is 12.4. The Morgan fingerprint density at radius 3 is 2.83 bits per heavy atom. The lowest BCUT2D eigenvalue weighted by molar-refractivity contribution is 0.0709. The molecule has 1 N–H and O–H groups in total. The number of piperazine rings is 1. The average Bonchev–Trinajstić information content (AvgIpc) is 2.32. The molecule has 0 radical (unpaired) electrons. The Kier molecular flexibility index (Phi) is 5.73. The Balaban J connectivity index is 0.00000162. The third-order valence-electron chi connectivity index (χ3n) is 2.84. The Morgan fingerprint density at radius 1 is 1.44 bits per heavy atom. The van der Waals surface area contributed by atoms with Crippen molar-refractivity contribution in [1.29, 1.82) is 0 Å². The molecule has 2 rings (SSSR count). The molecular formula is C12H15Cl3N2O. The molecule has 100 valence electrons. The van der Waals surface area contributed by atoms with Crippen molar-refractivity contribution in [2.24, 2.45) is 0 Å². The van der Waals surface area contributed by atoms with E-state index in [1.54, 1.807) is 23.1 Å². The van der Waals surface area contributed by atoms with Crippen LogP contribution in [0, 0.1) is 0 Å². The van der Waals surface area contributed by atoms with Crippen molar-refractivity contribution in [3.05, 3.63) is 33.8 Å². The van der Waals surface area contributed by atoms with E-state index < -0.39 is 0 Å². The maximum absolute atomic E-state index is 12.3. The summed E-state index contributed by atoms with van der Waals surface area (Å²) in [5.41, 5.74) is 0.480. The summed E-state index contributed by atoms with van der Waals surface area (Å²) < 4.78 is 0. The van der Waals surface area contributed by atoms with Gasteiger partial charge in [0.05, 0.1) is 15.6 Å². The molecule has 1 aliphatic heterocycles. The largest absolute Gasteiger partial charge is 0.336 e. The molecule has 1 amide bonds. The van der Waals surface area contributed by atoms with Crippen LogP contribution in [0.15, 0.2) is 18.2 Å². The molecule has 1 atom stereocenters. The van der Waals surface area contributed by atoms with E-state index in [9.17, 15) is 4.79 Å². The van der Waals surface area contributed by atoms with Crippen molar-refractivity contribution in [3.8, 4) is 0 Å². The standard InChI is InChI=1S/C12H14Cl2N2O.ClH/c1-8-7-16(6-5-15-8)12(17)9-3-2-4-10(13)11(9)14;/h2-4,8,15H,5-7H2,1H3;1H/t8-;/m0./s1. The van der Waals surface area contributed by atoms with Crippen LogP contribution in [0.1, 0.15) is 17.3 Å². The van der Waals surface area contributed by atoms with Crippen LogP contribution in [-0.4, -0.2) is 36.5 Å². The predicted molar refractivity (Wildman–Crippen MR) is 77.1 cm³/mol. The third kappa shape index (κ3) is 3.29. The molecular weight excluding hydrogens is 295 g/mol. The summed E-state index contributed by atoms with van der Waals surface area (Å²) in [5.74, 6) is -0.0501. The molecule has 3 nitrogen and oxygen atoms in total. The van der Waals surface area contributed by atoms with Crippen molar-refractivity contribution >= 4 is 41.5 Å². The minimum Gasteiger partial charge on any atom is -0.336 e. The number of carbonyl (C=O) groups is 1. The van der Waals surface area contributed by atoms with Crippen LogP contribution in [0.5, 0.6) is 0 Å². The molecule has 0 bridgehead atoms. The molecule has 1 aromatic carbocycles. The summed E-state index contributed by atoms with van der Waals surface area (Å²) in [5, 5.41) is 4.05. The number of hydrogen-bond acceptors (Lipinski definition) is 2. The molecule has 0 aliphatic carbocycles. The number of hydrogen-bond donors (Lipinski definition) is 1. The molecule has 1 heterocycles. The minimum absolute atomic E-state index is 0. The van der Waals surface area contributed by atoms with E-state index in [-0.39, 0.29) is 18.3 Å². The van der Waals surface area contributed by atoms with Gasteiger partial charge < -0.3 is 10.2 Å². The van der Waals surface area contributed by atoms with E-state index in [1.165, 1.54) is 0 Å². The maximum Gasteiger partial charge on any atom is 0.255 e. The van der Waals surface area contributed by atoms with E-state index in [0.717, 1.165) is 6.54 Å². The number of benzene rings is 1. The van der Waals surface area contributed by atoms with Gasteiger partial charge in [0.25, 0.3) is 5.91 Å². The van der Waals surface area contributed by atoms with Gasteiger partial charge in [0, 0.05) is 25.7 Å². The number of carbonyl (C=O) groups excluding carboxylic acids is 1. The van der Waals surface area contributed by atoms with Crippen LogP contribution in [0.2, 0.25) is 10.0 Å². The van der Waals surface area contributed by atoms with Crippen molar-refractivity contribution in [1.82, 2.24) is 10.2 Å². The summed E-state index contributed by atoms with van der Waals surface area (Å²) in [6, 6.07) is 5.45. The molecule has 0 saturated carbocycles. The second-order valence-electron chi connectivity index (χ2n) is 4.21. The van der Waals surface area contributed by atoms with E-state index in [1.807, 2.05) is 0 Å². The van der Waals surface area contributed by atoms with Gasteiger partial charge in [-0.1, -0.05) is 29.3 Å². The van der Waals surface area contributed by atoms with Gasteiger partial charge in [-0.15, -0.1) is 12.4 Å². The van der Waals surface area contributed by atoms with Crippen LogP contribution < -0.4 is 5.32 Å². The van der Waals surface area contributed by atoms with Crippen LogP contribution in [0.25, 0.3) is 0 Å². The number of rotatable bonds is 1. The quantitative estimate of drug-likeness (QED) is 0.865. The van der Waals surface area contributed by atoms with Gasteiger partial charge in [0.1, 0.15) is 0 Å². The fourth-order valence-electron chi connectivity index (χ4n) is 1.96. The highest BCUT2D eigenvalue weighted by Crippen LogP contribution is 2.26. The van der Waals surface area contributed by atoms with Gasteiger partial charge >= 0.3 is 0 Å². The first-order chi connectivity index (χ1) is 8.09. The van der Waals surface area contributed by atoms with Gasteiger partial charge in [-0.25, -0.2) is 0 Å². The third-order valence-corrected chi connectivity index (χ3v) is 3.66. The van der Waals surface area contributed by atoms with Crippen LogP contribution in [-0.2, 0) is 0 Å². The average molecular weight is 310 g/mol. The summed E-state index contributed by atoms with van der Waals surface area (Å²) in [6.45, 7) is 4.26. The zero-order valence-corrected chi connectivity index (χ0v) is 12.3. The van der Waals surface area contributed by atoms with E-state index in [0.29, 0.717) is 34.7 Å². The van der Waals surface area contributed by atoms with Gasteiger partial charge in [-0.2, -0.15) is 0 Å². The Hall–Kier alpha value is -0.480. The fourth-order valence-corrected chi connectivity index (χ4v) is 2.34. The van der Waals surface area contributed by atoms with Crippen LogP contribution in [0.3, 0.4) is 0 Å². The Labute approximate surface area is 123 Å². The first kappa shape index (κ1) is 15.6. The van der Waals surface area contributed by atoms with Crippen molar-refractivity contribution < 1.29 is 4.79 Å². The highest BCUT2D eigenvalue weighted by atomic mass is 35.5. The van der Waals surface area contributed by atoms with Gasteiger partial charge in [-0.3, -0.25) is 4.79 Å². The first-order valence-corrected chi connectivity index (χ1v) is 6.32. The number of nitrogens with one attached hydrogen (secondary N) is 1. The van der Waals surface area contributed by atoms with Crippen molar-refractivity contribution in [2.75, 3.05) is 19.6 Å². The SMILES string of the molecule is C[C@H]1CN(C(=O)c2cccc(Cl)c2Cl)CCN1.Cl. The Morgan fingerprint density at radius 2 is 2.17 bits per heavy atom. The summed E-state index contributed by atoms with van der Waals surface area (Å²) >= 11 is 12.0. The molecule has 1 saturated heterocycles. The number of nitrogens with zero attached hydrogens (tertiary/aromatic N) is 1. The second-order valence-corrected chi connectivity index (χ2v) is 4.99. The predicted octanol–water partition coefficient (Wildman–Crippen LogP) is 2.85. The highest BCUT2D eigenvalue weighted by Gasteiger charge is 2.23. The molecule has 1 fully saturated rings. The summed E-state index contributed by atoms with van der Waals surface area (Å²) in [4.78, 5) is 14.1. The minimum atomic E-state index is -0.0501. The summed E-state index contributed by atoms with van der Waals surface area (Å²) in [7, 11) is 0. The zero-order valence-electron chi connectivity index (χ0n) is 9.95. The van der Waals surface area contributed by atoms with E-state index >= 15 is 0 Å². The normalized spacial score (nSPS) is 19.3. The first-order valence-electron chi connectivity index (χ1n) is 5.56. The van der Waals surface area contributed by atoms with Crippen LogP contribution >= 0.6 is 35.6 Å².